The van der Waals surface area contributed by atoms with E-state index in [1.165, 1.54) is 12.3 Å². The lowest BCUT2D eigenvalue weighted by atomic mass is 9.62. The minimum atomic E-state index is -0.811. The van der Waals surface area contributed by atoms with Crippen LogP contribution >= 0.6 is 0 Å². The van der Waals surface area contributed by atoms with Gasteiger partial charge in [0.15, 0.2) is 5.78 Å². The van der Waals surface area contributed by atoms with Crippen LogP contribution in [-0.4, -0.2) is 16.9 Å². The number of hydrogen-bond acceptors (Lipinski definition) is 4. The molecule has 152 valence electrons. The van der Waals surface area contributed by atoms with Crippen LogP contribution in [0, 0.1) is 11.2 Å². The number of carbonyl (C=O) groups excluding carboxylic acids is 1. The first kappa shape index (κ1) is 19.6. The number of pyridine rings is 1. The molecular weight excluding hydrogens is 367 g/mol. The first-order chi connectivity index (χ1) is 13.6. The highest BCUT2D eigenvalue weighted by atomic mass is 19.1. The normalized spacial score (nSPS) is 22.8. The fourth-order valence-electron chi connectivity index (χ4n) is 4.66. The maximum atomic E-state index is 14.2. The van der Waals surface area contributed by atoms with Crippen molar-refractivity contribution in [2.24, 2.45) is 5.41 Å². The van der Waals surface area contributed by atoms with Crippen molar-refractivity contribution in [1.29, 1.82) is 0 Å². The molecule has 5 heteroatoms. The molecule has 29 heavy (non-hydrogen) atoms. The fraction of sp³-hybridized carbons (Fsp3) is 0.417. The summed E-state index contributed by atoms with van der Waals surface area (Å²) in [6.45, 7) is 10.1. The summed E-state index contributed by atoms with van der Waals surface area (Å²) in [7, 11) is 0. The van der Waals surface area contributed by atoms with Crippen molar-refractivity contribution in [1.82, 2.24) is 4.98 Å². The van der Waals surface area contributed by atoms with Gasteiger partial charge in [0.25, 0.3) is 0 Å². The molecular formula is C24H27FN2O2. The Balaban J connectivity index is 1.97. The van der Waals surface area contributed by atoms with E-state index in [1.807, 2.05) is 45.0 Å². The van der Waals surface area contributed by atoms with Gasteiger partial charge in [-0.05, 0) is 56.4 Å². The molecule has 0 saturated carbocycles. The number of aromatic nitrogens is 1. The van der Waals surface area contributed by atoms with E-state index < -0.39 is 11.2 Å². The molecule has 1 aliphatic carbocycles. The van der Waals surface area contributed by atoms with Crippen LogP contribution in [0.25, 0.3) is 0 Å². The number of nitrogens with zero attached hydrogens (tertiary/aromatic N) is 1. The number of carbonyl (C=O) groups is 1. The Hall–Kier alpha value is -2.69. The fourth-order valence-corrected chi connectivity index (χ4v) is 4.66. The van der Waals surface area contributed by atoms with E-state index in [0.717, 1.165) is 23.4 Å². The average Bonchev–Trinajstić information content (AvgIpc) is 2.60. The number of ketones is 1. The summed E-state index contributed by atoms with van der Waals surface area (Å²) in [4.78, 5) is 17.7. The Morgan fingerprint density at radius 2 is 1.93 bits per heavy atom. The number of allylic oxidation sites excluding steroid dienone is 2. The summed E-state index contributed by atoms with van der Waals surface area (Å²) in [6, 6.07) is 9.24. The molecule has 0 bridgehead atoms. The highest BCUT2D eigenvalue weighted by Gasteiger charge is 2.48. The number of benzene rings is 1. The van der Waals surface area contributed by atoms with Crippen molar-refractivity contribution in [2.75, 3.05) is 5.32 Å². The van der Waals surface area contributed by atoms with Crippen molar-refractivity contribution < 1.29 is 13.9 Å². The van der Waals surface area contributed by atoms with Crippen LogP contribution in [0.4, 0.5) is 10.2 Å². The van der Waals surface area contributed by atoms with Crippen LogP contribution < -0.4 is 10.1 Å². The van der Waals surface area contributed by atoms with Crippen LogP contribution in [0.5, 0.6) is 5.75 Å². The lowest BCUT2D eigenvalue weighted by molar-refractivity contribution is -0.118. The number of fused-ring (bicyclic) bond motifs is 1. The summed E-state index contributed by atoms with van der Waals surface area (Å²) >= 11 is 0. The number of halogens is 1. The van der Waals surface area contributed by atoms with Gasteiger partial charge in [0, 0.05) is 23.3 Å². The second-order valence-electron chi connectivity index (χ2n) is 9.29. The third-order valence-electron chi connectivity index (χ3n) is 5.82. The van der Waals surface area contributed by atoms with E-state index in [2.05, 4.69) is 24.1 Å². The van der Waals surface area contributed by atoms with Gasteiger partial charge in [-0.25, -0.2) is 9.37 Å². The third kappa shape index (κ3) is 3.33. The van der Waals surface area contributed by atoms with E-state index in [9.17, 15) is 9.18 Å². The molecule has 1 aromatic carbocycles. The lowest BCUT2D eigenvalue weighted by Gasteiger charge is -2.44. The summed E-state index contributed by atoms with van der Waals surface area (Å²) in [5, 5.41) is 3.33. The van der Waals surface area contributed by atoms with Gasteiger partial charge < -0.3 is 10.1 Å². The number of nitrogens with one attached hydrogen (secondary N) is 1. The molecule has 1 atom stereocenters. The van der Waals surface area contributed by atoms with Gasteiger partial charge in [-0.3, -0.25) is 4.79 Å². The van der Waals surface area contributed by atoms with Gasteiger partial charge in [0.1, 0.15) is 17.4 Å². The van der Waals surface area contributed by atoms with Crippen molar-refractivity contribution in [3.8, 4) is 5.75 Å². The molecule has 1 aliphatic heterocycles. The van der Waals surface area contributed by atoms with E-state index in [0.29, 0.717) is 23.4 Å². The predicted octanol–water partition coefficient (Wildman–Crippen LogP) is 5.38. The lowest BCUT2D eigenvalue weighted by Crippen LogP contribution is -2.42. The highest BCUT2D eigenvalue weighted by Crippen LogP contribution is 2.52. The number of anilines is 1. The van der Waals surface area contributed by atoms with Crippen LogP contribution in [0.3, 0.4) is 0 Å². The number of Topliss-reactive ketones (excluding diaryl/α,β-unsaturated/α-hetero) is 1. The summed E-state index contributed by atoms with van der Waals surface area (Å²) in [5.74, 6) is 1.01. The standard InChI is InChI=1S/C24H27FN2O2/c1-14(2)29-17-8-6-7-15(9-17)24(5)18-10-16(25)13-26-22(18)27-19-11-23(3,4)12-20(28)21(19)24/h6-10,13-14H,11-12H2,1-5H3,(H,26,27)/t24-/m1/s1. The van der Waals surface area contributed by atoms with Crippen molar-refractivity contribution in [3.63, 3.8) is 0 Å². The van der Waals surface area contributed by atoms with E-state index >= 15 is 0 Å². The van der Waals surface area contributed by atoms with E-state index in [1.54, 1.807) is 0 Å². The molecule has 1 N–H and O–H groups in total. The quantitative estimate of drug-likeness (QED) is 0.759. The molecule has 2 heterocycles. The zero-order chi connectivity index (χ0) is 21.0. The minimum Gasteiger partial charge on any atom is -0.491 e. The van der Waals surface area contributed by atoms with Crippen molar-refractivity contribution >= 4 is 11.6 Å². The van der Waals surface area contributed by atoms with Crippen LogP contribution in [0.1, 0.15) is 58.6 Å². The predicted molar refractivity (Wildman–Crippen MR) is 112 cm³/mol. The Kier molecular flexibility index (Phi) is 4.52. The molecule has 0 saturated heterocycles. The summed E-state index contributed by atoms with van der Waals surface area (Å²) in [5.41, 5.74) is 2.21. The molecule has 0 radical (unpaired) electrons. The van der Waals surface area contributed by atoms with Gasteiger partial charge in [0.05, 0.1) is 17.7 Å². The van der Waals surface area contributed by atoms with Gasteiger partial charge in [-0.2, -0.15) is 0 Å². The molecule has 2 aromatic rings. The number of ether oxygens (including phenoxy) is 1. The zero-order valence-corrected chi connectivity index (χ0v) is 17.6. The van der Waals surface area contributed by atoms with Gasteiger partial charge in [0.2, 0.25) is 0 Å². The Labute approximate surface area is 171 Å². The van der Waals surface area contributed by atoms with Crippen LogP contribution in [-0.2, 0) is 10.2 Å². The molecule has 0 spiro atoms. The van der Waals surface area contributed by atoms with Crippen LogP contribution in [0.2, 0.25) is 0 Å². The Morgan fingerprint density at radius 1 is 1.17 bits per heavy atom. The zero-order valence-electron chi connectivity index (χ0n) is 17.6. The Morgan fingerprint density at radius 3 is 2.66 bits per heavy atom. The van der Waals surface area contributed by atoms with Crippen molar-refractivity contribution in [2.45, 2.75) is 59.0 Å². The SMILES string of the molecule is CC(C)Oc1cccc([C@@]2(C)C3=C(CC(C)(C)CC3=O)Nc3ncc(F)cc32)c1. The maximum Gasteiger partial charge on any atom is 0.162 e. The van der Waals surface area contributed by atoms with E-state index in [-0.39, 0.29) is 17.3 Å². The molecule has 1 aromatic heterocycles. The third-order valence-corrected chi connectivity index (χ3v) is 5.82. The maximum absolute atomic E-state index is 14.2. The average molecular weight is 394 g/mol. The number of hydrogen-bond donors (Lipinski definition) is 1. The van der Waals surface area contributed by atoms with Gasteiger partial charge in [-0.15, -0.1) is 0 Å². The summed E-state index contributed by atoms with van der Waals surface area (Å²) in [6.07, 6.45) is 2.45. The molecule has 4 rings (SSSR count). The smallest absolute Gasteiger partial charge is 0.162 e. The minimum absolute atomic E-state index is 0.0318. The second-order valence-corrected chi connectivity index (χ2v) is 9.29. The topological polar surface area (TPSA) is 51.2 Å². The largest absolute Gasteiger partial charge is 0.491 e. The van der Waals surface area contributed by atoms with Crippen molar-refractivity contribution in [3.05, 3.63) is 64.7 Å². The first-order valence-electron chi connectivity index (χ1n) is 10.1. The van der Waals surface area contributed by atoms with Gasteiger partial charge in [-0.1, -0.05) is 26.0 Å². The summed E-state index contributed by atoms with van der Waals surface area (Å²) < 4.78 is 20.1. The van der Waals surface area contributed by atoms with Gasteiger partial charge >= 0.3 is 0 Å². The first-order valence-corrected chi connectivity index (χ1v) is 10.1. The molecule has 4 nitrogen and oxygen atoms in total. The monoisotopic (exact) mass is 394 g/mol. The van der Waals surface area contributed by atoms with Crippen LogP contribution in [0.15, 0.2) is 47.8 Å². The van der Waals surface area contributed by atoms with E-state index in [4.69, 9.17) is 4.74 Å². The molecule has 0 unspecified atom stereocenters. The number of rotatable bonds is 3. The molecule has 2 aliphatic rings. The Bertz CT molecular complexity index is 1030. The molecule has 0 fully saturated rings. The second kappa shape index (κ2) is 6.68. The molecule has 0 amide bonds. The highest BCUT2D eigenvalue weighted by molar-refractivity contribution is 6.02.